The SMILES string of the molecule is CC1CN(CCn2ccc(N)n2)CC(C)N1C. The fraction of sp³-hybridized carbons (Fsp3) is 0.750. The second kappa shape index (κ2) is 5.06. The minimum absolute atomic E-state index is 0.602. The van der Waals surface area contributed by atoms with Crippen molar-refractivity contribution in [2.24, 2.45) is 0 Å². The predicted molar refractivity (Wildman–Crippen MR) is 69.8 cm³/mol. The Bertz CT molecular complexity index is 350. The molecule has 2 heterocycles. The average Bonchev–Trinajstić information content (AvgIpc) is 2.69. The van der Waals surface area contributed by atoms with Gasteiger partial charge < -0.3 is 5.73 Å². The van der Waals surface area contributed by atoms with E-state index in [2.05, 4.69) is 35.8 Å². The molecule has 0 saturated carbocycles. The molecule has 2 N–H and O–H groups in total. The minimum Gasteiger partial charge on any atom is -0.382 e. The summed E-state index contributed by atoms with van der Waals surface area (Å²) in [6.45, 7) is 8.81. The van der Waals surface area contributed by atoms with Crippen LogP contribution in [0.2, 0.25) is 0 Å². The molecule has 1 aliphatic rings. The maximum absolute atomic E-state index is 5.60. The zero-order valence-corrected chi connectivity index (χ0v) is 11.0. The molecule has 96 valence electrons. The number of likely N-dealkylation sites (N-methyl/N-ethyl adjacent to an activating group) is 1. The molecule has 1 aliphatic heterocycles. The van der Waals surface area contributed by atoms with Crippen molar-refractivity contribution in [3.8, 4) is 0 Å². The first-order chi connectivity index (χ1) is 8.06. The first-order valence-electron chi connectivity index (χ1n) is 6.29. The topological polar surface area (TPSA) is 50.3 Å². The number of piperazine rings is 1. The molecule has 0 aliphatic carbocycles. The number of hydrogen-bond donors (Lipinski definition) is 1. The standard InChI is InChI=1S/C12H23N5/c1-10-8-16(9-11(2)15(10)3)6-7-17-5-4-12(13)14-17/h4-5,10-11H,6-9H2,1-3H3,(H2,13,14). The quantitative estimate of drug-likeness (QED) is 0.831. The van der Waals surface area contributed by atoms with Gasteiger partial charge in [0.05, 0.1) is 6.54 Å². The molecule has 1 aromatic rings. The summed E-state index contributed by atoms with van der Waals surface area (Å²) in [7, 11) is 2.21. The first kappa shape index (κ1) is 12.4. The third-order valence-electron chi connectivity index (χ3n) is 3.74. The van der Waals surface area contributed by atoms with Gasteiger partial charge in [0, 0.05) is 37.9 Å². The third kappa shape index (κ3) is 2.98. The van der Waals surface area contributed by atoms with Crippen molar-refractivity contribution >= 4 is 5.82 Å². The predicted octanol–water partition coefficient (Wildman–Crippen LogP) is 0.490. The van der Waals surface area contributed by atoms with Crippen molar-refractivity contribution in [2.75, 3.05) is 32.4 Å². The van der Waals surface area contributed by atoms with Gasteiger partial charge in [-0.3, -0.25) is 14.5 Å². The van der Waals surface area contributed by atoms with Crippen LogP contribution in [0.1, 0.15) is 13.8 Å². The molecule has 2 rings (SSSR count). The van der Waals surface area contributed by atoms with Crippen LogP contribution in [0.3, 0.4) is 0 Å². The molecule has 2 unspecified atom stereocenters. The maximum Gasteiger partial charge on any atom is 0.145 e. The smallest absolute Gasteiger partial charge is 0.145 e. The number of rotatable bonds is 3. The van der Waals surface area contributed by atoms with E-state index in [4.69, 9.17) is 5.73 Å². The molecule has 0 bridgehead atoms. The zero-order chi connectivity index (χ0) is 12.4. The van der Waals surface area contributed by atoms with Crippen molar-refractivity contribution in [2.45, 2.75) is 32.5 Å². The summed E-state index contributed by atoms with van der Waals surface area (Å²) in [5.41, 5.74) is 5.60. The summed E-state index contributed by atoms with van der Waals surface area (Å²) in [6, 6.07) is 3.10. The number of hydrogen-bond acceptors (Lipinski definition) is 4. The fourth-order valence-corrected chi connectivity index (χ4v) is 2.44. The van der Waals surface area contributed by atoms with E-state index in [1.165, 1.54) is 0 Å². The first-order valence-corrected chi connectivity index (χ1v) is 6.29. The number of nitrogens with two attached hydrogens (primary N) is 1. The molecule has 2 atom stereocenters. The molecule has 0 aromatic carbocycles. The number of anilines is 1. The molecule has 5 nitrogen and oxygen atoms in total. The Morgan fingerprint density at radius 3 is 2.47 bits per heavy atom. The van der Waals surface area contributed by atoms with Gasteiger partial charge in [-0.25, -0.2) is 0 Å². The van der Waals surface area contributed by atoms with Gasteiger partial charge in [-0.1, -0.05) is 0 Å². The fourth-order valence-electron chi connectivity index (χ4n) is 2.44. The van der Waals surface area contributed by atoms with Crippen LogP contribution in [0.4, 0.5) is 5.82 Å². The monoisotopic (exact) mass is 237 g/mol. The Morgan fingerprint density at radius 2 is 1.94 bits per heavy atom. The van der Waals surface area contributed by atoms with Crippen molar-refractivity contribution in [3.63, 3.8) is 0 Å². The van der Waals surface area contributed by atoms with E-state index in [1.54, 1.807) is 0 Å². The number of nitrogen functional groups attached to an aromatic ring is 1. The molecular weight excluding hydrogens is 214 g/mol. The van der Waals surface area contributed by atoms with Crippen LogP contribution in [0.5, 0.6) is 0 Å². The van der Waals surface area contributed by atoms with Crippen molar-refractivity contribution in [1.29, 1.82) is 0 Å². The lowest BCUT2D eigenvalue weighted by atomic mass is 10.1. The van der Waals surface area contributed by atoms with Crippen molar-refractivity contribution in [1.82, 2.24) is 19.6 Å². The van der Waals surface area contributed by atoms with Crippen LogP contribution < -0.4 is 5.73 Å². The Hall–Kier alpha value is -1.07. The van der Waals surface area contributed by atoms with Crippen molar-refractivity contribution in [3.05, 3.63) is 12.3 Å². The average molecular weight is 237 g/mol. The summed E-state index contributed by atoms with van der Waals surface area (Å²) in [5.74, 6) is 0.602. The van der Waals surface area contributed by atoms with Gasteiger partial charge in [-0.15, -0.1) is 0 Å². The maximum atomic E-state index is 5.60. The van der Waals surface area contributed by atoms with Gasteiger partial charge in [-0.2, -0.15) is 5.10 Å². The van der Waals surface area contributed by atoms with E-state index in [9.17, 15) is 0 Å². The van der Waals surface area contributed by atoms with Crippen LogP contribution in [-0.2, 0) is 6.54 Å². The van der Waals surface area contributed by atoms with Crippen LogP contribution in [0.25, 0.3) is 0 Å². The van der Waals surface area contributed by atoms with Gasteiger partial charge in [0.25, 0.3) is 0 Å². The molecular formula is C12H23N5. The lowest BCUT2D eigenvalue weighted by molar-refractivity contribution is 0.0576. The highest BCUT2D eigenvalue weighted by Crippen LogP contribution is 2.13. The molecule has 1 fully saturated rings. The largest absolute Gasteiger partial charge is 0.382 e. The number of nitrogens with zero attached hydrogens (tertiary/aromatic N) is 4. The highest BCUT2D eigenvalue weighted by Gasteiger charge is 2.25. The summed E-state index contributed by atoms with van der Waals surface area (Å²) < 4.78 is 1.92. The molecule has 1 aromatic heterocycles. The molecule has 0 amide bonds. The van der Waals surface area contributed by atoms with E-state index in [-0.39, 0.29) is 0 Å². The molecule has 5 heteroatoms. The summed E-state index contributed by atoms with van der Waals surface area (Å²) >= 11 is 0. The highest BCUT2D eigenvalue weighted by molar-refractivity contribution is 5.23. The zero-order valence-electron chi connectivity index (χ0n) is 11.0. The Balaban J connectivity index is 1.84. The Morgan fingerprint density at radius 1 is 1.29 bits per heavy atom. The normalized spacial score (nSPS) is 27.5. The third-order valence-corrected chi connectivity index (χ3v) is 3.74. The Kier molecular flexibility index (Phi) is 3.69. The van der Waals surface area contributed by atoms with Gasteiger partial charge in [0.15, 0.2) is 0 Å². The Labute approximate surface area is 103 Å². The molecule has 17 heavy (non-hydrogen) atoms. The van der Waals surface area contributed by atoms with Crippen LogP contribution in [0, 0.1) is 0 Å². The molecule has 0 radical (unpaired) electrons. The van der Waals surface area contributed by atoms with E-state index in [0.717, 1.165) is 26.2 Å². The van der Waals surface area contributed by atoms with Gasteiger partial charge in [0.2, 0.25) is 0 Å². The van der Waals surface area contributed by atoms with Gasteiger partial charge >= 0.3 is 0 Å². The lowest BCUT2D eigenvalue weighted by Gasteiger charge is -2.42. The van der Waals surface area contributed by atoms with E-state index < -0.39 is 0 Å². The van der Waals surface area contributed by atoms with E-state index in [0.29, 0.717) is 17.9 Å². The van der Waals surface area contributed by atoms with Crippen LogP contribution >= 0.6 is 0 Å². The van der Waals surface area contributed by atoms with Gasteiger partial charge in [-0.05, 0) is 27.0 Å². The lowest BCUT2D eigenvalue weighted by Crippen LogP contribution is -2.55. The van der Waals surface area contributed by atoms with Crippen LogP contribution in [-0.4, -0.2) is 58.3 Å². The molecule has 0 spiro atoms. The minimum atomic E-state index is 0.602. The van der Waals surface area contributed by atoms with E-state index >= 15 is 0 Å². The molecule has 1 saturated heterocycles. The summed E-state index contributed by atoms with van der Waals surface area (Å²) in [5, 5.41) is 4.21. The second-order valence-electron chi connectivity index (χ2n) is 5.13. The highest BCUT2D eigenvalue weighted by atomic mass is 15.3. The van der Waals surface area contributed by atoms with Gasteiger partial charge in [0.1, 0.15) is 5.82 Å². The summed E-state index contributed by atoms with van der Waals surface area (Å²) in [4.78, 5) is 4.95. The number of aromatic nitrogens is 2. The van der Waals surface area contributed by atoms with Crippen LogP contribution in [0.15, 0.2) is 12.3 Å². The second-order valence-corrected chi connectivity index (χ2v) is 5.13. The summed E-state index contributed by atoms with van der Waals surface area (Å²) in [6.07, 6.45) is 1.94. The van der Waals surface area contributed by atoms with E-state index in [1.807, 2.05) is 16.9 Å². The van der Waals surface area contributed by atoms with Crippen molar-refractivity contribution < 1.29 is 0 Å².